The number of allylic oxidation sites excluding steroid dienone is 1. The highest BCUT2D eigenvalue weighted by molar-refractivity contribution is 5.91. The molecule has 3 fully saturated rings. The Morgan fingerprint density at radius 1 is 1.15 bits per heavy atom. The smallest absolute Gasteiger partial charge is 0.310 e. The van der Waals surface area contributed by atoms with Crippen LogP contribution in [0.1, 0.15) is 71.6 Å². The average Bonchev–Trinajstić information content (AvgIpc) is 2.90. The van der Waals surface area contributed by atoms with Crippen molar-refractivity contribution in [2.24, 2.45) is 34.0 Å². The van der Waals surface area contributed by atoms with Gasteiger partial charge in [0.1, 0.15) is 0 Å². The van der Waals surface area contributed by atoms with Crippen molar-refractivity contribution in [1.29, 1.82) is 0 Å². The monoisotopic (exact) mass is 361 g/mol. The Hall–Kier alpha value is -1.16. The Morgan fingerprint density at radius 3 is 2.58 bits per heavy atom. The van der Waals surface area contributed by atoms with Crippen molar-refractivity contribution in [3.05, 3.63) is 11.6 Å². The van der Waals surface area contributed by atoms with Crippen LogP contribution in [0.3, 0.4) is 0 Å². The molecule has 0 spiro atoms. The summed E-state index contributed by atoms with van der Waals surface area (Å²) in [7, 11) is 0. The highest BCUT2D eigenvalue weighted by Crippen LogP contribution is 2.70. The van der Waals surface area contributed by atoms with E-state index >= 15 is 0 Å². The first-order valence-corrected chi connectivity index (χ1v) is 10.4. The van der Waals surface area contributed by atoms with Crippen LogP contribution >= 0.6 is 0 Å². The van der Waals surface area contributed by atoms with Crippen LogP contribution in [0.25, 0.3) is 0 Å². The number of aliphatic hydroxyl groups excluding tert-OH is 1. The maximum Gasteiger partial charge on any atom is 0.310 e. The van der Waals surface area contributed by atoms with E-state index in [-0.39, 0.29) is 23.2 Å². The predicted molar refractivity (Wildman–Crippen MR) is 98.5 cm³/mol. The zero-order valence-electron chi connectivity index (χ0n) is 16.1. The minimum Gasteiger partial charge on any atom is -0.481 e. The Balaban J connectivity index is 1.69. The van der Waals surface area contributed by atoms with Gasteiger partial charge >= 0.3 is 5.97 Å². The second kappa shape index (κ2) is 5.92. The van der Waals surface area contributed by atoms with E-state index in [1.807, 2.05) is 6.08 Å². The van der Waals surface area contributed by atoms with Gasteiger partial charge in [-0.15, -0.1) is 0 Å². The zero-order valence-corrected chi connectivity index (χ0v) is 16.1. The summed E-state index contributed by atoms with van der Waals surface area (Å²) in [6.07, 6.45) is 9.67. The van der Waals surface area contributed by atoms with Crippen LogP contribution < -0.4 is 0 Å². The van der Waals surface area contributed by atoms with E-state index in [1.165, 1.54) is 5.57 Å². The maximum atomic E-state index is 12.3. The number of ketones is 1. The topological polar surface area (TPSA) is 74.6 Å². The molecule has 0 aromatic rings. The number of aliphatic carboxylic acids is 1. The number of carbonyl (C=O) groups is 2. The molecule has 0 aromatic carbocycles. The fourth-order valence-corrected chi connectivity index (χ4v) is 7.75. The molecule has 0 heterocycles. The highest BCUT2D eigenvalue weighted by atomic mass is 17.1. The number of fused-ring (bicyclic) bond motifs is 5. The fourth-order valence-electron chi connectivity index (χ4n) is 7.75. The summed E-state index contributed by atoms with van der Waals surface area (Å²) in [5.74, 6) is 1.14. The molecule has 4 rings (SSSR count). The van der Waals surface area contributed by atoms with Gasteiger partial charge in [0.15, 0.2) is 5.78 Å². The summed E-state index contributed by atoms with van der Waals surface area (Å²) in [6.45, 7) is 4.51. The van der Waals surface area contributed by atoms with Crippen molar-refractivity contribution in [1.82, 2.24) is 0 Å². The lowest BCUT2D eigenvalue weighted by Crippen LogP contribution is -2.54. The molecule has 0 aliphatic heterocycles. The third-order valence-electron chi connectivity index (χ3n) is 9.27. The third kappa shape index (κ3) is 2.17. The second-order valence-corrected chi connectivity index (χ2v) is 9.82. The summed E-state index contributed by atoms with van der Waals surface area (Å²) in [4.78, 5) is 24.2. The molecule has 3 saturated carbocycles. The van der Waals surface area contributed by atoms with Crippen LogP contribution in [-0.4, -0.2) is 28.6 Å². The minimum absolute atomic E-state index is 0.0462. The number of aliphatic hydroxyl groups is 1. The van der Waals surface area contributed by atoms with Crippen LogP contribution in [0.2, 0.25) is 0 Å². The van der Waals surface area contributed by atoms with Crippen LogP contribution in [0.4, 0.5) is 0 Å². The number of carboxylic acid groups (broad SMARTS) is 1. The normalized spacial score (nSPS) is 47.6. The van der Waals surface area contributed by atoms with Crippen molar-refractivity contribution in [2.45, 2.75) is 71.6 Å². The molecular weight excluding hydrogens is 329 g/mol. The Bertz CT molecular complexity index is 667. The average molecular weight is 361 g/mol. The molecule has 6 atom stereocenters. The van der Waals surface area contributed by atoms with E-state index in [0.29, 0.717) is 37.0 Å². The molecular formula is C22H32O4. The Morgan fingerprint density at radius 2 is 1.88 bits per heavy atom. The minimum atomic E-state index is -0.767. The van der Waals surface area contributed by atoms with E-state index in [4.69, 9.17) is 0 Å². The molecule has 0 bridgehead atoms. The van der Waals surface area contributed by atoms with Gasteiger partial charge in [-0.2, -0.15) is 0 Å². The van der Waals surface area contributed by atoms with E-state index in [1.54, 1.807) is 0 Å². The van der Waals surface area contributed by atoms with Crippen molar-refractivity contribution in [2.75, 3.05) is 6.61 Å². The first-order chi connectivity index (χ1) is 12.3. The van der Waals surface area contributed by atoms with Gasteiger partial charge in [-0.1, -0.05) is 19.4 Å². The first kappa shape index (κ1) is 18.2. The molecule has 0 amide bonds. The van der Waals surface area contributed by atoms with E-state index in [0.717, 1.165) is 38.5 Å². The lowest BCUT2D eigenvalue weighted by molar-refractivity contribution is -0.165. The summed E-state index contributed by atoms with van der Waals surface area (Å²) in [5.41, 5.74) is 0.502. The number of hydrogen-bond donors (Lipinski definition) is 2. The molecule has 144 valence electrons. The van der Waals surface area contributed by atoms with Gasteiger partial charge in [-0.25, -0.2) is 0 Å². The zero-order chi connectivity index (χ0) is 18.7. The Labute approximate surface area is 156 Å². The molecule has 4 aliphatic rings. The maximum absolute atomic E-state index is 12.3. The highest BCUT2D eigenvalue weighted by Gasteiger charge is 2.66. The van der Waals surface area contributed by atoms with Gasteiger partial charge in [-0.05, 0) is 86.0 Å². The molecule has 2 N–H and O–H groups in total. The number of carboxylic acids is 1. The molecule has 0 saturated heterocycles. The first-order valence-electron chi connectivity index (χ1n) is 10.4. The molecule has 0 aromatic heterocycles. The molecule has 26 heavy (non-hydrogen) atoms. The van der Waals surface area contributed by atoms with Gasteiger partial charge in [0.25, 0.3) is 0 Å². The van der Waals surface area contributed by atoms with Crippen molar-refractivity contribution >= 4 is 11.8 Å². The molecule has 4 heteroatoms. The lowest BCUT2D eigenvalue weighted by Gasteiger charge is -2.59. The van der Waals surface area contributed by atoms with Crippen LogP contribution in [0.15, 0.2) is 11.6 Å². The summed E-state index contributed by atoms with van der Waals surface area (Å²) >= 11 is 0. The van der Waals surface area contributed by atoms with Crippen molar-refractivity contribution in [3.63, 3.8) is 0 Å². The summed E-state index contributed by atoms with van der Waals surface area (Å²) in [5, 5.41) is 19.7. The van der Waals surface area contributed by atoms with Gasteiger partial charge in [-0.3, -0.25) is 9.59 Å². The van der Waals surface area contributed by atoms with Crippen molar-refractivity contribution < 1.29 is 19.8 Å². The quantitative estimate of drug-likeness (QED) is 0.797. The van der Waals surface area contributed by atoms with E-state index in [9.17, 15) is 19.8 Å². The largest absolute Gasteiger partial charge is 0.481 e. The number of hydrogen-bond acceptors (Lipinski definition) is 3. The van der Waals surface area contributed by atoms with Crippen LogP contribution in [0, 0.1) is 34.0 Å². The summed E-state index contributed by atoms with van der Waals surface area (Å²) < 4.78 is 0. The summed E-state index contributed by atoms with van der Waals surface area (Å²) in [6, 6.07) is 0. The third-order valence-corrected chi connectivity index (χ3v) is 9.27. The SMILES string of the molecule is C[C@]12CCC(=[17O])C=C1CC[C@@H]1[C@@H]2CC[C@@]2(C)[C@H]1CC[C@@]2(CCO)C(=O)O. The van der Waals surface area contributed by atoms with Crippen LogP contribution in [-0.2, 0) is 9.59 Å². The molecule has 4 aliphatic carbocycles. The van der Waals surface area contributed by atoms with Gasteiger partial charge in [0.05, 0.1) is 5.41 Å². The molecule has 0 radical (unpaired) electrons. The van der Waals surface area contributed by atoms with Gasteiger partial charge in [0.2, 0.25) is 0 Å². The second-order valence-electron chi connectivity index (χ2n) is 9.82. The van der Waals surface area contributed by atoms with E-state index < -0.39 is 11.4 Å². The Kier molecular flexibility index (Phi) is 4.15. The number of rotatable bonds is 3. The predicted octanol–water partition coefficient (Wildman–Crippen LogP) is 3.97. The fraction of sp³-hybridized carbons (Fsp3) is 0.818. The standard InChI is InChI=1S/C22H32O4/c1-20-8-5-15(24)13-14(20)3-4-16-17(20)6-9-21(2)18(16)7-10-22(21,11-12-23)19(25)26/h13,16-18,23H,3-12H2,1-2H3,(H,25,26)/t16-,17+,18+,20+,21+,22-/m1/s1/i24+1. The molecule has 0 unspecified atom stereocenters. The van der Waals surface area contributed by atoms with Crippen LogP contribution in [0.5, 0.6) is 0 Å². The van der Waals surface area contributed by atoms with Gasteiger partial charge in [0, 0.05) is 13.0 Å². The van der Waals surface area contributed by atoms with Gasteiger partial charge < -0.3 is 10.2 Å². The van der Waals surface area contributed by atoms with Crippen molar-refractivity contribution in [3.8, 4) is 0 Å². The number of carbonyl (C=O) groups excluding carboxylic acids is 1. The molecule has 4 nitrogen and oxygen atoms in total. The van der Waals surface area contributed by atoms with E-state index in [2.05, 4.69) is 13.8 Å². The lowest BCUT2D eigenvalue weighted by atomic mass is 9.45.